The average Bonchev–Trinajstić information content (AvgIpc) is 3.51. The van der Waals surface area contributed by atoms with E-state index < -0.39 is 0 Å². The number of hydrogen-bond acceptors (Lipinski definition) is 6. The molecule has 3 heterocycles. The molecular formula is C21H22N6O2. The Kier molecular flexibility index (Phi) is 4.46. The number of carbonyl (C=O) groups excluding carboxylic acids is 1. The maximum atomic E-state index is 13.4. The van der Waals surface area contributed by atoms with Crippen LogP contribution in [0.1, 0.15) is 35.7 Å². The third-order valence-corrected chi connectivity index (χ3v) is 5.80. The van der Waals surface area contributed by atoms with Gasteiger partial charge in [-0.1, -0.05) is 19.1 Å². The maximum Gasteiger partial charge on any atom is 0.316 e. The van der Waals surface area contributed by atoms with Crippen LogP contribution in [0.15, 0.2) is 49.1 Å². The number of nitrogens with zero attached hydrogens (tertiary/aromatic N) is 6. The predicted octanol–water partition coefficient (Wildman–Crippen LogP) is 2.30. The van der Waals surface area contributed by atoms with Gasteiger partial charge in [0.25, 0.3) is 5.91 Å². The molecule has 2 bridgehead atoms. The summed E-state index contributed by atoms with van der Waals surface area (Å²) in [6.45, 7) is 2.81. The first-order valence-electron chi connectivity index (χ1n) is 9.97. The van der Waals surface area contributed by atoms with Crippen LogP contribution in [0.5, 0.6) is 6.01 Å². The number of aromatic nitrogens is 5. The topological polar surface area (TPSA) is 86.0 Å². The number of hydrogen-bond donors (Lipinski definition) is 0. The second-order valence-corrected chi connectivity index (χ2v) is 7.58. The molecule has 148 valence electrons. The van der Waals surface area contributed by atoms with E-state index >= 15 is 0 Å². The van der Waals surface area contributed by atoms with Gasteiger partial charge in [0.05, 0.1) is 29.7 Å². The molecule has 2 fully saturated rings. The van der Waals surface area contributed by atoms with Crippen molar-refractivity contribution in [2.75, 3.05) is 6.54 Å². The molecule has 2 aliphatic rings. The van der Waals surface area contributed by atoms with E-state index in [1.54, 1.807) is 24.8 Å². The van der Waals surface area contributed by atoms with E-state index in [2.05, 4.69) is 27.1 Å². The van der Waals surface area contributed by atoms with Crippen molar-refractivity contribution in [2.45, 2.75) is 38.3 Å². The van der Waals surface area contributed by atoms with E-state index in [0.29, 0.717) is 23.2 Å². The number of ether oxygens (including phenoxy) is 1. The zero-order valence-corrected chi connectivity index (χ0v) is 16.2. The van der Waals surface area contributed by atoms with Gasteiger partial charge < -0.3 is 9.64 Å². The monoisotopic (exact) mass is 390 g/mol. The molecule has 0 spiro atoms. The molecule has 1 aliphatic heterocycles. The molecule has 1 saturated carbocycles. The van der Waals surface area contributed by atoms with Crippen molar-refractivity contribution in [1.29, 1.82) is 0 Å². The first-order valence-corrected chi connectivity index (χ1v) is 9.97. The molecule has 1 amide bonds. The highest BCUT2D eigenvalue weighted by atomic mass is 16.5. The van der Waals surface area contributed by atoms with E-state index in [4.69, 9.17) is 4.74 Å². The van der Waals surface area contributed by atoms with Crippen molar-refractivity contribution in [1.82, 2.24) is 29.9 Å². The number of aryl methyl sites for hydroxylation is 1. The molecule has 0 radical (unpaired) electrons. The van der Waals surface area contributed by atoms with Crippen LogP contribution in [0, 0.1) is 5.92 Å². The summed E-state index contributed by atoms with van der Waals surface area (Å²) >= 11 is 0. The molecule has 1 aliphatic carbocycles. The van der Waals surface area contributed by atoms with Gasteiger partial charge in [-0.15, -0.1) is 0 Å². The summed E-state index contributed by atoms with van der Waals surface area (Å²) in [6.07, 6.45) is 9.49. The number of rotatable bonds is 5. The van der Waals surface area contributed by atoms with Gasteiger partial charge in [-0.25, -0.2) is 9.97 Å². The largest absolute Gasteiger partial charge is 0.458 e. The Balaban J connectivity index is 1.37. The Labute approximate surface area is 168 Å². The van der Waals surface area contributed by atoms with Crippen molar-refractivity contribution in [3.8, 4) is 11.7 Å². The number of benzene rings is 1. The van der Waals surface area contributed by atoms with Gasteiger partial charge in [-0.2, -0.15) is 15.0 Å². The molecule has 3 atom stereocenters. The van der Waals surface area contributed by atoms with Crippen LogP contribution in [0.3, 0.4) is 0 Å². The standard InChI is InChI=1S/C21H22N6O2/c1-2-14-11-22-21(23-12-14)29-19-10-15-9-18(19)26(13-15)20(28)16-5-3-4-6-17(16)27-24-7-8-25-27/h3-8,11-12,15,18-19H,2,9-10,13H2,1H3/t15-,18?,19?/m1/s1. The highest BCUT2D eigenvalue weighted by Gasteiger charge is 2.48. The average molecular weight is 390 g/mol. The van der Waals surface area contributed by atoms with Crippen LogP contribution < -0.4 is 4.74 Å². The number of carbonyl (C=O) groups is 1. The third kappa shape index (κ3) is 3.24. The lowest BCUT2D eigenvalue weighted by Gasteiger charge is -2.33. The molecule has 29 heavy (non-hydrogen) atoms. The van der Waals surface area contributed by atoms with E-state index in [9.17, 15) is 4.79 Å². The zero-order valence-electron chi connectivity index (χ0n) is 16.2. The molecule has 1 aromatic carbocycles. The summed E-state index contributed by atoms with van der Waals surface area (Å²) in [6, 6.07) is 7.85. The van der Waals surface area contributed by atoms with Crippen molar-refractivity contribution in [3.05, 3.63) is 60.2 Å². The van der Waals surface area contributed by atoms with E-state index in [-0.39, 0.29) is 18.1 Å². The van der Waals surface area contributed by atoms with Gasteiger partial charge >= 0.3 is 6.01 Å². The lowest BCUT2D eigenvalue weighted by atomic mass is 10.1. The Morgan fingerprint density at radius 1 is 1.14 bits per heavy atom. The summed E-state index contributed by atoms with van der Waals surface area (Å²) in [5, 5.41) is 8.37. The summed E-state index contributed by atoms with van der Waals surface area (Å²) in [7, 11) is 0. The normalized spacial score (nSPS) is 22.8. The van der Waals surface area contributed by atoms with Crippen molar-refractivity contribution < 1.29 is 9.53 Å². The van der Waals surface area contributed by atoms with Crippen LogP contribution >= 0.6 is 0 Å². The van der Waals surface area contributed by atoms with E-state index in [0.717, 1.165) is 31.4 Å². The summed E-state index contributed by atoms with van der Waals surface area (Å²) < 4.78 is 6.08. The van der Waals surface area contributed by atoms with Gasteiger partial charge in [0, 0.05) is 18.9 Å². The molecule has 2 aromatic heterocycles. The fourth-order valence-electron chi connectivity index (χ4n) is 4.37. The molecule has 8 heteroatoms. The van der Waals surface area contributed by atoms with E-state index in [1.165, 1.54) is 4.80 Å². The number of fused-ring (bicyclic) bond motifs is 2. The maximum absolute atomic E-state index is 13.4. The molecule has 5 rings (SSSR count). The highest BCUT2D eigenvalue weighted by Crippen LogP contribution is 2.40. The van der Waals surface area contributed by atoms with Crippen molar-refractivity contribution >= 4 is 5.91 Å². The molecule has 3 aromatic rings. The van der Waals surface area contributed by atoms with Crippen molar-refractivity contribution in [3.63, 3.8) is 0 Å². The lowest BCUT2D eigenvalue weighted by Crippen LogP contribution is -2.47. The third-order valence-electron chi connectivity index (χ3n) is 5.80. The number of piperidine rings is 1. The van der Waals surface area contributed by atoms with Gasteiger partial charge in [-0.3, -0.25) is 4.79 Å². The SMILES string of the molecule is CCc1cnc(OC2C[C@H]3CC2N(C(=O)c2ccccc2-n2nccn2)C3)nc1. The smallest absolute Gasteiger partial charge is 0.316 e. The molecule has 0 N–H and O–H groups in total. The lowest BCUT2D eigenvalue weighted by molar-refractivity contribution is 0.0452. The minimum Gasteiger partial charge on any atom is -0.458 e. The second kappa shape index (κ2) is 7.27. The van der Waals surface area contributed by atoms with Crippen LogP contribution in [0.2, 0.25) is 0 Å². The van der Waals surface area contributed by atoms with Gasteiger partial charge in [0.15, 0.2) is 0 Å². The van der Waals surface area contributed by atoms with Gasteiger partial charge in [0.2, 0.25) is 0 Å². The van der Waals surface area contributed by atoms with Crippen LogP contribution in [0.25, 0.3) is 5.69 Å². The predicted molar refractivity (Wildman–Crippen MR) is 105 cm³/mol. The van der Waals surface area contributed by atoms with Gasteiger partial charge in [0.1, 0.15) is 6.10 Å². The minimum absolute atomic E-state index is 0.0130. The number of likely N-dealkylation sites (tertiary alicyclic amines) is 1. The highest BCUT2D eigenvalue weighted by molar-refractivity contribution is 5.98. The quantitative estimate of drug-likeness (QED) is 0.664. The fourth-order valence-corrected chi connectivity index (χ4v) is 4.37. The van der Waals surface area contributed by atoms with E-state index in [1.807, 2.05) is 29.2 Å². The number of amides is 1. The fraction of sp³-hybridized carbons (Fsp3) is 0.381. The second-order valence-electron chi connectivity index (χ2n) is 7.58. The Morgan fingerprint density at radius 3 is 2.62 bits per heavy atom. The summed E-state index contributed by atoms with van der Waals surface area (Å²) in [4.78, 5) is 25.5. The number of para-hydroxylation sites is 1. The van der Waals surface area contributed by atoms with Crippen LogP contribution in [0.4, 0.5) is 0 Å². The Morgan fingerprint density at radius 2 is 1.90 bits per heavy atom. The Hall–Kier alpha value is -3.29. The molecular weight excluding hydrogens is 368 g/mol. The first kappa shape index (κ1) is 17.8. The van der Waals surface area contributed by atoms with Crippen LogP contribution in [-0.2, 0) is 6.42 Å². The summed E-state index contributed by atoms with van der Waals surface area (Å²) in [5.41, 5.74) is 2.35. The Bertz CT molecular complexity index is 1000. The summed E-state index contributed by atoms with van der Waals surface area (Å²) in [5.74, 6) is 0.430. The zero-order chi connectivity index (χ0) is 19.8. The van der Waals surface area contributed by atoms with Crippen LogP contribution in [-0.4, -0.2) is 54.5 Å². The first-order chi connectivity index (χ1) is 14.2. The minimum atomic E-state index is -0.0832. The molecule has 8 nitrogen and oxygen atoms in total. The van der Waals surface area contributed by atoms with Gasteiger partial charge in [-0.05, 0) is 42.9 Å². The van der Waals surface area contributed by atoms with Crippen molar-refractivity contribution in [2.24, 2.45) is 5.92 Å². The molecule has 1 saturated heterocycles. The molecule has 2 unspecified atom stereocenters.